The maximum absolute atomic E-state index is 13.7. The topological polar surface area (TPSA) is 34.1 Å². The van der Waals surface area contributed by atoms with E-state index in [9.17, 15) is 26.0 Å². The number of hydrogen-bond donors (Lipinski definition) is 0. The number of benzene rings is 1. The molecule has 0 aliphatic heterocycles. The summed E-state index contributed by atoms with van der Waals surface area (Å²) in [6.45, 7) is 0. The van der Waals surface area contributed by atoms with Gasteiger partial charge in [-0.05, 0) is 31.0 Å². The molecule has 0 saturated heterocycles. The molecule has 7 heteroatoms. The molecule has 0 amide bonds. The number of alkyl halides is 2. The van der Waals surface area contributed by atoms with Crippen LogP contribution in [-0.4, -0.2) is 20.1 Å². The average Bonchev–Trinajstić information content (AvgIpc) is 2.34. The van der Waals surface area contributed by atoms with Gasteiger partial charge in [-0.1, -0.05) is 6.42 Å². The molecule has 0 aromatic heterocycles. The molecule has 0 bridgehead atoms. The lowest BCUT2D eigenvalue weighted by molar-refractivity contribution is -0.0770. The third-order valence-corrected chi connectivity index (χ3v) is 5.38. The second kappa shape index (κ2) is 5.35. The molecule has 1 aromatic rings. The fourth-order valence-corrected chi connectivity index (χ4v) is 4.22. The molecule has 20 heavy (non-hydrogen) atoms. The van der Waals surface area contributed by atoms with Crippen molar-refractivity contribution in [3.8, 4) is 0 Å². The van der Waals surface area contributed by atoms with Crippen molar-refractivity contribution in [2.24, 2.45) is 5.92 Å². The largest absolute Gasteiger partial charge is 0.251 e. The van der Waals surface area contributed by atoms with Crippen molar-refractivity contribution in [1.82, 2.24) is 0 Å². The average molecular weight is 310 g/mol. The minimum atomic E-state index is -4.28. The lowest BCUT2D eigenvalue weighted by atomic mass is 9.87. The van der Waals surface area contributed by atoms with E-state index < -0.39 is 44.0 Å². The molecule has 1 aromatic carbocycles. The summed E-state index contributed by atoms with van der Waals surface area (Å²) in [6, 6.07) is 2.00. The van der Waals surface area contributed by atoms with Crippen LogP contribution in [0.1, 0.15) is 25.7 Å². The van der Waals surface area contributed by atoms with Gasteiger partial charge in [0.05, 0.1) is 5.75 Å². The van der Waals surface area contributed by atoms with Crippen LogP contribution in [0.3, 0.4) is 0 Å². The summed E-state index contributed by atoms with van der Waals surface area (Å²) in [5.41, 5.74) is 0. The number of hydrogen-bond acceptors (Lipinski definition) is 2. The van der Waals surface area contributed by atoms with Crippen molar-refractivity contribution >= 4 is 9.84 Å². The molecule has 0 N–H and O–H groups in total. The maximum Gasteiger partial charge on any atom is 0.251 e. The summed E-state index contributed by atoms with van der Waals surface area (Å²) in [5, 5.41) is 0. The number of sulfone groups is 1. The Kier molecular flexibility index (Phi) is 4.09. The van der Waals surface area contributed by atoms with E-state index in [0.29, 0.717) is 25.0 Å². The molecule has 1 atom stereocenters. The Labute approximate surface area is 114 Å². The van der Waals surface area contributed by atoms with E-state index in [2.05, 4.69) is 0 Å². The van der Waals surface area contributed by atoms with Crippen molar-refractivity contribution in [3.05, 3.63) is 29.8 Å². The summed E-state index contributed by atoms with van der Waals surface area (Å²) in [4.78, 5) is -0.848. The first kappa shape index (κ1) is 15.3. The lowest BCUT2D eigenvalue weighted by Gasteiger charge is -2.30. The van der Waals surface area contributed by atoms with Gasteiger partial charge in [0.1, 0.15) is 16.5 Å². The molecule has 1 unspecified atom stereocenters. The zero-order valence-corrected chi connectivity index (χ0v) is 11.4. The van der Waals surface area contributed by atoms with E-state index in [1.807, 2.05) is 0 Å². The summed E-state index contributed by atoms with van der Waals surface area (Å²) >= 11 is 0. The third-order valence-electron chi connectivity index (χ3n) is 3.56. The van der Waals surface area contributed by atoms with Gasteiger partial charge in [-0.3, -0.25) is 0 Å². The Morgan fingerprint density at radius 1 is 1.20 bits per heavy atom. The van der Waals surface area contributed by atoms with E-state index in [1.165, 1.54) is 0 Å². The molecular weight excluding hydrogens is 296 g/mol. The van der Waals surface area contributed by atoms with Gasteiger partial charge in [0.2, 0.25) is 0 Å². The van der Waals surface area contributed by atoms with Gasteiger partial charge in [0.25, 0.3) is 5.92 Å². The fourth-order valence-electron chi connectivity index (χ4n) is 2.44. The Balaban J connectivity index is 2.29. The molecule has 2 nitrogen and oxygen atoms in total. The number of halogens is 4. The monoisotopic (exact) mass is 310 g/mol. The predicted octanol–water partition coefficient (Wildman–Crippen LogP) is 3.56. The van der Waals surface area contributed by atoms with Crippen LogP contribution in [0.25, 0.3) is 0 Å². The van der Waals surface area contributed by atoms with Gasteiger partial charge in [0.15, 0.2) is 9.84 Å². The van der Waals surface area contributed by atoms with Crippen LogP contribution in [0.15, 0.2) is 23.1 Å². The highest BCUT2D eigenvalue weighted by Gasteiger charge is 2.44. The smallest absolute Gasteiger partial charge is 0.224 e. The van der Waals surface area contributed by atoms with E-state index in [1.54, 1.807) is 0 Å². The normalized spacial score (nSPS) is 22.7. The van der Waals surface area contributed by atoms with Gasteiger partial charge in [-0.15, -0.1) is 0 Å². The van der Waals surface area contributed by atoms with Crippen molar-refractivity contribution in [2.45, 2.75) is 36.5 Å². The van der Waals surface area contributed by atoms with E-state index in [0.717, 1.165) is 6.07 Å². The van der Waals surface area contributed by atoms with Gasteiger partial charge in [-0.2, -0.15) is 0 Å². The molecule has 112 valence electrons. The van der Waals surface area contributed by atoms with Crippen molar-refractivity contribution in [1.29, 1.82) is 0 Å². The maximum atomic E-state index is 13.7. The van der Waals surface area contributed by atoms with Gasteiger partial charge >= 0.3 is 0 Å². The molecule has 1 fully saturated rings. The fraction of sp³-hybridized carbons (Fsp3) is 0.538. The van der Waals surface area contributed by atoms with Gasteiger partial charge in [-0.25, -0.2) is 26.0 Å². The van der Waals surface area contributed by atoms with Crippen molar-refractivity contribution in [2.75, 3.05) is 5.75 Å². The van der Waals surface area contributed by atoms with Crippen LogP contribution in [-0.2, 0) is 9.84 Å². The van der Waals surface area contributed by atoms with Crippen LogP contribution >= 0.6 is 0 Å². The highest BCUT2D eigenvalue weighted by molar-refractivity contribution is 7.91. The highest BCUT2D eigenvalue weighted by atomic mass is 32.2. The summed E-state index contributed by atoms with van der Waals surface area (Å²) in [5.74, 6) is -7.31. The Morgan fingerprint density at radius 3 is 2.55 bits per heavy atom. The Bertz CT molecular complexity index is 598. The van der Waals surface area contributed by atoms with E-state index in [-0.39, 0.29) is 12.8 Å². The molecule has 1 aliphatic carbocycles. The number of rotatable bonds is 3. The summed E-state index contributed by atoms with van der Waals surface area (Å²) in [7, 11) is -4.28. The van der Waals surface area contributed by atoms with Gasteiger partial charge in [0, 0.05) is 12.3 Å². The molecule has 0 heterocycles. The van der Waals surface area contributed by atoms with Gasteiger partial charge < -0.3 is 0 Å². The highest BCUT2D eigenvalue weighted by Crippen LogP contribution is 2.40. The van der Waals surface area contributed by atoms with Crippen molar-refractivity contribution in [3.63, 3.8) is 0 Å². The van der Waals surface area contributed by atoms with Crippen LogP contribution < -0.4 is 0 Å². The van der Waals surface area contributed by atoms with Crippen LogP contribution in [0.2, 0.25) is 0 Å². The first-order valence-corrected chi connectivity index (χ1v) is 7.93. The standard InChI is InChI=1S/C13H14F4O2S/c14-10-4-5-11(15)12(7-10)20(18,19)8-9-3-1-2-6-13(9,16)17/h4-5,7,9H,1-3,6,8H2. The quantitative estimate of drug-likeness (QED) is 0.800. The second-order valence-corrected chi connectivity index (χ2v) is 7.06. The second-order valence-electron chi connectivity index (χ2n) is 5.06. The Hall–Kier alpha value is -1.11. The molecule has 1 saturated carbocycles. The minimum Gasteiger partial charge on any atom is -0.224 e. The Morgan fingerprint density at radius 2 is 1.90 bits per heavy atom. The molecule has 0 spiro atoms. The first-order valence-electron chi connectivity index (χ1n) is 6.28. The van der Waals surface area contributed by atoms with E-state index in [4.69, 9.17) is 0 Å². The SMILES string of the molecule is O=S(=O)(CC1CCCCC1(F)F)c1cc(F)ccc1F. The molecule has 1 aliphatic rings. The van der Waals surface area contributed by atoms with Crippen LogP contribution in [0, 0.1) is 17.6 Å². The lowest BCUT2D eigenvalue weighted by Crippen LogP contribution is -2.36. The summed E-state index contributed by atoms with van der Waals surface area (Å²) in [6.07, 6.45) is 0.571. The molecule has 0 radical (unpaired) electrons. The first-order chi connectivity index (χ1) is 9.22. The van der Waals surface area contributed by atoms with E-state index >= 15 is 0 Å². The molecule has 2 rings (SSSR count). The van der Waals surface area contributed by atoms with Crippen molar-refractivity contribution < 1.29 is 26.0 Å². The minimum absolute atomic E-state index is 0.0726. The summed E-state index contributed by atoms with van der Waals surface area (Å²) < 4.78 is 77.9. The third kappa shape index (κ3) is 3.13. The molecular formula is C13H14F4O2S. The van der Waals surface area contributed by atoms with Crippen LogP contribution in [0.4, 0.5) is 17.6 Å². The van der Waals surface area contributed by atoms with Crippen LogP contribution in [0.5, 0.6) is 0 Å². The zero-order valence-electron chi connectivity index (χ0n) is 10.6. The predicted molar refractivity (Wildman–Crippen MR) is 65.3 cm³/mol. The zero-order chi connectivity index (χ0) is 15.0.